The number of pyridine rings is 1. The van der Waals surface area contributed by atoms with Crippen LogP contribution in [0.25, 0.3) is 0 Å². The molecule has 0 saturated heterocycles. The molecule has 0 spiro atoms. The van der Waals surface area contributed by atoms with Crippen LogP contribution in [-0.4, -0.2) is 25.1 Å². The van der Waals surface area contributed by atoms with Crippen molar-refractivity contribution in [3.8, 4) is 0 Å². The molecule has 0 aliphatic heterocycles. The van der Waals surface area contributed by atoms with Crippen molar-refractivity contribution < 1.29 is 22.0 Å². The van der Waals surface area contributed by atoms with E-state index in [4.69, 9.17) is 0 Å². The van der Waals surface area contributed by atoms with Crippen molar-refractivity contribution in [3.05, 3.63) is 59.9 Å². The highest BCUT2D eigenvalue weighted by Gasteiger charge is 2.26. The number of nitrogens with zero attached hydrogens (tertiary/aromatic N) is 1. The van der Waals surface area contributed by atoms with Crippen molar-refractivity contribution >= 4 is 15.7 Å². The van der Waals surface area contributed by atoms with Gasteiger partial charge in [-0.2, -0.15) is 8.78 Å². The summed E-state index contributed by atoms with van der Waals surface area (Å²) in [6.45, 7) is 0.275. The van der Waals surface area contributed by atoms with E-state index in [1.807, 2.05) is 0 Å². The smallest absolute Gasteiger partial charge is 0.341 e. The van der Waals surface area contributed by atoms with E-state index < -0.39 is 20.5 Å². The Labute approximate surface area is 132 Å². The van der Waals surface area contributed by atoms with Gasteiger partial charge in [0.05, 0.1) is 23.6 Å². The van der Waals surface area contributed by atoms with E-state index in [0.29, 0.717) is 11.3 Å². The van der Waals surface area contributed by atoms with Crippen LogP contribution >= 0.6 is 0 Å². The molecule has 0 atom stereocenters. The van der Waals surface area contributed by atoms with Gasteiger partial charge in [0, 0.05) is 6.20 Å². The van der Waals surface area contributed by atoms with Crippen molar-refractivity contribution in [2.75, 3.05) is 0 Å². The van der Waals surface area contributed by atoms with Gasteiger partial charge in [0.2, 0.25) is 15.7 Å². The summed E-state index contributed by atoms with van der Waals surface area (Å²) in [5, 5.41) is 2.67. The number of carbonyl (C=O) groups excluding carboxylic acids is 1. The standard InChI is InChI=1S/C15H14F2N2O3S/c16-15(17)23(21,22)13-6-4-11(5-7-13)9-14(20)19-10-12-3-1-2-8-18-12/h1-8,15H,9-10H2,(H,19,20). The summed E-state index contributed by atoms with van der Waals surface area (Å²) in [6, 6.07) is 10.2. The number of nitrogens with one attached hydrogen (secondary N) is 1. The fourth-order valence-electron chi connectivity index (χ4n) is 1.84. The Balaban J connectivity index is 1.94. The third kappa shape index (κ3) is 4.56. The first-order chi connectivity index (χ1) is 10.9. The predicted octanol–water partition coefficient (Wildman–Crippen LogP) is 1.94. The monoisotopic (exact) mass is 340 g/mol. The lowest BCUT2D eigenvalue weighted by molar-refractivity contribution is -0.120. The maximum Gasteiger partial charge on any atom is 0.341 e. The molecule has 1 aromatic carbocycles. The molecule has 1 heterocycles. The van der Waals surface area contributed by atoms with E-state index >= 15 is 0 Å². The van der Waals surface area contributed by atoms with Gasteiger partial charge in [0.15, 0.2) is 0 Å². The zero-order valence-corrected chi connectivity index (χ0v) is 12.8. The van der Waals surface area contributed by atoms with Crippen LogP contribution in [0.3, 0.4) is 0 Å². The second kappa shape index (κ2) is 7.28. The summed E-state index contributed by atoms with van der Waals surface area (Å²) < 4.78 is 47.4. The molecule has 1 aromatic heterocycles. The highest BCUT2D eigenvalue weighted by Crippen LogP contribution is 2.18. The van der Waals surface area contributed by atoms with E-state index in [9.17, 15) is 22.0 Å². The van der Waals surface area contributed by atoms with Crippen LogP contribution in [0, 0.1) is 0 Å². The molecule has 122 valence electrons. The summed E-state index contributed by atoms with van der Waals surface area (Å²) in [6.07, 6.45) is 1.63. The summed E-state index contributed by atoms with van der Waals surface area (Å²) in [4.78, 5) is 15.4. The molecule has 0 fully saturated rings. The van der Waals surface area contributed by atoms with Gasteiger partial charge < -0.3 is 5.32 Å². The van der Waals surface area contributed by atoms with Gasteiger partial charge in [-0.15, -0.1) is 0 Å². The Bertz CT molecular complexity index is 763. The van der Waals surface area contributed by atoms with Crippen molar-refractivity contribution in [1.29, 1.82) is 0 Å². The Hall–Kier alpha value is -2.35. The van der Waals surface area contributed by atoms with Crippen molar-refractivity contribution in [2.24, 2.45) is 0 Å². The van der Waals surface area contributed by atoms with Crippen molar-refractivity contribution in [2.45, 2.75) is 23.6 Å². The largest absolute Gasteiger partial charge is 0.350 e. The first-order valence-electron chi connectivity index (χ1n) is 6.67. The number of carbonyl (C=O) groups is 1. The Kier molecular flexibility index (Phi) is 5.38. The number of aromatic nitrogens is 1. The molecule has 0 aliphatic rings. The van der Waals surface area contributed by atoms with E-state index in [2.05, 4.69) is 10.3 Å². The molecule has 0 unspecified atom stereocenters. The molecule has 5 nitrogen and oxygen atoms in total. The number of halogens is 2. The van der Waals surface area contributed by atoms with E-state index in [1.165, 1.54) is 12.1 Å². The van der Waals surface area contributed by atoms with Crippen LogP contribution in [0.5, 0.6) is 0 Å². The SMILES string of the molecule is O=C(Cc1ccc(S(=O)(=O)C(F)F)cc1)NCc1ccccn1. The molecule has 23 heavy (non-hydrogen) atoms. The molecule has 0 aliphatic carbocycles. The van der Waals surface area contributed by atoms with E-state index in [-0.39, 0.29) is 18.9 Å². The van der Waals surface area contributed by atoms with E-state index in [1.54, 1.807) is 24.4 Å². The van der Waals surface area contributed by atoms with Gasteiger partial charge in [0.25, 0.3) is 0 Å². The molecular formula is C15H14F2N2O3S. The zero-order chi connectivity index (χ0) is 16.9. The van der Waals surface area contributed by atoms with Crippen LogP contribution in [0.1, 0.15) is 11.3 Å². The normalized spacial score (nSPS) is 11.4. The summed E-state index contributed by atoms with van der Waals surface area (Å²) in [7, 11) is -4.61. The van der Waals surface area contributed by atoms with Crippen LogP contribution in [0.4, 0.5) is 8.78 Å². The first-order valence-corrected chi connectivity index (χ1v) is 8.22. The molecule has 0 saturated carbocycles. The number of hydrogen-bond donors (Lipinski definition) is 1. The second-order valence-electron chi connectivity index (χ2n) is 4.72. The third-order valence-electron chi connectivity index (χ3n) is 3.04. The summed E-state index contributed by atoms with van der Waals surface area (Å²) >= 11 is 0. The Morgan fingerprint density at radius 3 is 2.39 bits per heavy atom. The van der Waals surface area contributed by atoms with Gasteiger partial charge in [-0.05, 0) is 29.8 Å². The molecule has 1 N–H and O–H groups in total. The van der Waals surface area contributed by atoms with E-state index in [0.717, 1.165) is 12.1 Å². The molecule has 0 bridgehead atoms. The number of rotatable bonds is 6. The maximum atomic E-state index is 12.4. The Morgan fingerprint density at radius 1 is 1.13 bits per heavy atom. The number of alkyl halides is 2. The van der Waals surface area contributed by atoms with Crippen LogP contribution < -0.4 is 5.32 Å². The minimum atomic E-state index is -4.61. The quantitative estimate of drug-likeness (QED) is 0.872. The first kappa shape index (κ1) is 17.0. The fourth-order valence-corrected chi connectivity index (χ4v) is 2.56. The van der Waals surface area contributed by atoms with Gasteiger partial charge in [-0.3, -0.25) is 9.78 Å². The molecule has 2 rings (SSSR count). The number of benzene rings is 1. The zero-order valence-electron chi connectivity index (χ0n) is 11.9. The van der Waals surface area contributed by atoms with Gasteiger partial charge >= 0.3 is 5.76 Å². The molecule has 2 aromatic rings. The topological polar surface area (TPSA) is 76.1 Å². The average Bonchev–Trinajstić information content (AvgIpc) is 2.54. The second-order valence-corrected chi connectivity index (χ2v) is 6.64. The molecule has 8 heteroatoms. The Morgan fingerprint density at radius 2 is 1.83 bits per heavy atom. The van der Waals surface area contributed by atoms with Crippen molar-refractivity contribution in [1.82, 2.24) is 10.3 Å². The molecular weight excluding hydrogens is 326 g/mol. The highest BCUT2D eigenvalue weighted by molar-refractivity contribution is 7.91. The number of sulfone groups is 1. The lowest BCUT2D eigenvalue weighted by atomic mass is 10.1. The lowest BCUT2D eigenvalue weighted by Gasteiger charge is -2.06. The van der Waals surface area contributed by atoms with Gasteiger partial charge in [0.1, 0.15) is 0 Å². The highest BCUT2D eigenvalue weighted by atomic mass is 32.2. The predicted molar refractivity (Wildman–Crippen MR) is 79.4 cm³/mol. The van der Waals surface area contributed by atoms with Gasteiger partial charge in [-0.25, -0.2) is 8.42 Å². The average molecular weight is 340 g/mol. The van der Waals surface area contributed by atoms with Gasteiger partial charge in [-0.1, -0.05) is 18.2 Å². The summed E-state index contributed by atoms with van der Waals surface area (Å²) in [5.74, 6) is -3.74. The lowest BCUT2D eigenvalue weighted by Crippen LogP contribution is -2.25. The third-order valence-corrected chi connectivity index (χ3v) is 4.44. The molecule has 0 radical (unpaired) electrons. The molecule has 1 amide bonds. The number of amides is 1. The van der Waals surface area contributed by atoms with Crippen LogP contribution in [-0.2, 0) is 27.6 Å². The minimum absolute atomic E-state index is 0.0157. The summed E-state index contributed by atoms with van der Waals surface area (Å²) in [5.41, 5.74) is 1.23. The number of hydrogen-bond acceptors (Lipinski definition) is 4. The maximum absolute atomic E-state index is 12.4. The van der Waals surface area contributed by atoms with Crippen LogP contribution in [0.2, 0.25) is 0 Å². The minimum Gasteiger partial charge on any atom is -0.350 e. The fraction of sp³-hybridized carbons (Fsp3) is 0.200. The van der Waals surface area contributed by atoms with Crippen LogP contribution in [0.15, 0.2) is 53.6 Å². The van der Waals surface area contributed by atoms with Crippen molar-refractivity contribution in [3.63, 3.8) is 0 Å².